The number of ether oxygens (including phenoxy) is 1. The lowest BCUT2D eigenvalue weighted by Gasteiger charge is -2.12. The number of aromatic nitrogens is 1. The van der Waals surface area contributed by atoms with E-state index in [-0.39, 0.29) is 16.9 Å². The summed E-state index contributed by atoms with van der Waals surface area (Å²) in [6.45, 7) is 6.94. The quantitative estimate of drug-likeness (QED) is 0.868. The van der Waals surface area contributed by atoms with E-state index < -0.39 is 24.3 Å². The number of hydrogen-bond donors (Lipinski definition) is 1. The number of benzene rings is 1. The van der Waals surface area contributed by atoms with Crippen LogP contribution in [0, 0.1) is 12.7 Å². The number of anilines is 1. The third-order valence-corrected chi connectivity index (χ3v) is 3.28. The molecule has 0 fully saturated rings. The second-order valence-corrected chi connectivity index (χ2v) is 6.41. The van der Waals surface area contributed by atoms with Gasteiger partial charge in [0.15, 0.2) is 6.61 Å². The fourth-order valence-electron chi connectivity index (χ4n) is 1.80. The van der Waals surface area contributed by atoms with Gasteiger partial charge in [-0.1, -0.05) is 32.0 Å². The van der Waals surface area contributed by atoms with Crippen LogP contribution >= 0.6 is 0 Å². The fourth-order valence-corrected chi connectivity index (χ4v) is 1.80. The zero-order chi connectivity index (χ0) is 17.9. The van der Waals surface area contributed by atoms with Gasteiger partial charge in [-0.15, -0.1) is 0 Å². The molecule has 7 heteroatoms. The van der Waals surface area contributed by atoms with Crippen LogP contribution < -0.4 is 5.32 Å². The van der Waals surface area contributed by atoms with E-state index in [1.54, 1.807) is 13.0 Å². The molecule has 0 saturated carbocycles. The van der Waals surface area contributed by atoms with Gasteiger partial charge in [0.2, 0.25) is 5.88 Å². The highest BCUT2D eigenvalue weighted by atomic mass is 19.1. The number of nitrogens with one attached hydrogen (secondary N) is 1. The lowest BCUT2D eigenvalue weighted by molar-refractivity contribution is -0.119. The van der Waals surface area contributed by atoms with E-state index in [4.69, 9.17) is 9.26 Å². The minimum Gasteiger partial charge on any atom is -0.452 e. The van der Waals surface area contributed by atoms with Crippen LogP contribution in [0.5, 0.6) is 0 Å². The molecule has 1 aromatic heterocycles. The van der Waals surface area contributed by atoms with Crippen molar-refractivity contribution >= 4 is 17.8 Å². The predicted molar refractivity (Wildman–Crippen MR) is 85.3 cm³/mol. The molecule has 1 heterocycles. The summed E-state index contributed by atoms with van der Waals surface area (Å²) >= 11 is 0. The number of amides is 1. The minimum atomic E-state index is -0.781. The molecule has 24 heavy (non-hydrogen) atoms. The van der Waals surface area contributed by atoms with E-state index in [0.717, 1.165) is 6.07 Å². The summed E-state index contributed by atoms with van der Waals surface area (Å²) in [5.74, 6) is -1.70. The minimum absolute atomic E-state index is 0.0422. The van der Waals surface area contributed by atoms with Crippen LogP contribution in [0.25, 0.3) is 0 Å². The van der Waals surface area contributed by atoms with Crippen molar-refractivity contribution in [1.29, 1.82) is 0 Å². The van der Waals surface area contributed by atoms with Gasteiger partial charge in [-0.3, -0.25) is 10.1 Å². The number of halogens is 1. The van der Waals surface area contributed by atoms with Crippen LogP contribution in [0.4, 0.5) is 10.3 Å². The molecule has 0 aliphatic heterocycles. The van der Waals surface area contributed by atoms with Gasteiger partial charge in [-0.2, -0.15) is 0 Å². The normalized spacial score (nSPS) is 11.2. The van der Waals surface area contributed by atoms with Crippen LogP contribution in [0.1, 0.15) is 42.4 Å². The number of rotatable bonds is 4. The van der Waals surface area contributed by atoms with Crippen molar-refractivity contribution in [2.45, 2.75) is 33.1 Å². The molecule has 1 amide bonds. The standard InChI is InChI=1S/C17H19FN2O4/c1-10-5-6-11(7-12(10)18)16(22)23-9-14(21)19-15-8-13(20-24-15)17(2,3)4/h5-8H,9H2,1-4H3,(H,19,21). The average Bonchev–Trinajstić information content (AvgIpc) is 2.96. The molecule has 0 spiro atoms. The van der Waals surface area contributed by atoms with Gasteiger partial charge < -0.3 is 9.26 Å². The predicted octanol–water partition coefficient (Wildman–Crippen LogP) is 3.22. The summed E-state index contributed by atoms with van der Waals surface area (Å²) in [7, 11) is 0. The molecular weight excluding hydrogens is 315 g/mol. The Balaban J connectivity index is 1.89. The topological polar surface area (TPSA) is 81.4 Å². The van der Waals surface area contributed by atoms with Crippen molar-refractivity contribution in [2.24, 2.45) is 0 Å². The van der Waals surface area contributed by atoms with Crippen molar-refractivity contribution in [2.75, 3.05) is 11.9 Å². The van der Waals surface area contributed by atoms with Crippen molar-refractivity contribution in [1.82, 2.24) is 5.16 Å². The zero-order valence-electron chi connectivity index (χ0n) is 14.0. The van der Waals surface area contributed by atoms with Gasteiger partial charge in [0.1, 0.15) is 5.82 Å². The molecule has 1 aromatic carbocycles. The van der Waals surface area contributed by atoms with Gasteiger partial charge in [-0.25, -0.2) is 9.18 Å². The Morgan fingerprint density at radius 3 is 2.58 bits per heavy atom. The second-order valence-electron chi connectivity index (χ2n) is 6.41. The lowest BCUT2D eigenvalue weighted by atomic mass is 9.92. The van der Waals surface area contributed by atoms with E-state index in [1.807, 2.05) is 20.8 Å². The molecule has 1 N–H and O–H groups in total. The SMILES string of the molecule is Cc1ccc(C(=O)OCC(=O)Nc2cc(C(C)(C)C)no2)cc1F. The Labute approximate surface area is 139 Å². The van der Waals surface area contributed by atoms with E-state index in [9.17, 15) is 14.0 Å². The van der Waals surface area contributed by atoms with Crippen molar-refractivity contribution < 1.29 is 23.2 Å². The van der Waals surface area contributed by atoms with Crippen LogP contribution in [0.2, 0.25) is 0 Å². The summed E-state index contributed by atoms with van der Waals surface area (Å²) in [4.78, 5) is 23.6. The summed E-state index contributed by atoms with van der Waals surface area (Å²) in [5, 5.41) is 6.30. The van der Waals surface area contributed by atoms with Crippen LogP contribution in [0.15, 0.2) is 28.8 Å². The summed E-state index contributed by atoms with van der Waals surface area (Å²) < 4.78 is 23.3. The van der Waals surface area contributed by atoms with Crippen molar-refractivity contribution in [3.05, 3.63) is 46.9 Å². The van der Waals surface area contributed by atoms with Crippen molar-refractivity contribution in [3.8, 4) is 0 Å². The summed E-state index contributed by atoms with van der Waals surface area (Å²) in [6, 6.07) is 5.58. The van der Waals surface area contributed by atoms with Gasteiger partial charge >= 0.3 is 5.97 Å². The van der Waals surface area contributed by atoms with Crippen LogP contribution in [-0.2, 0) is 14.9 Å². The third kappa shape index (κ3) is 4.41. The number of hydrogen-bond acceptors (Lipinski definition) is 5. The van der Waals surface area contributed by atoms with Gasteiger partial charge in [-0.05, 0) is 24.6 Å². The maximum absolute atomic E-state index is 13.4. The molecule has 2 rings (SSSR count). The second kappa shape index (κ2) is 6.82. The highest BCUT2D eigenvalue weighted by molar-refractivity contribution is 5.94. The zero-order valence-corrected chi connectivity index (χ0v) is 14.0. The third-order valence-electron chi connectivity index (χ3n) is 3.28. The number of carbonyl (C=O) groups excluding carboxylic acids is 2. The molecule has 0 aliphatic carbocycles. The number of aryl methyl sites for hydroxylation is 1. The maximum Gasteiger partial charge on any atom is 0.338 e. The largest absolute Gasteiger partial charge is 0.452 e. The van der Waals surface area contributed by atoms with Gasteiger partial charge in [0.25, 0.3) is 5.91 Å². The monoisotopic (exact) mass is 334 g/mol. The maximum atomic E-state index is 13.4. The first kappa shape index (κ1) is 17.7. The average molecular weight is 334 g/mol. The molecule has 0 unspecified atom stereocenters. The number of carbonyl (C=O) groups is 2. The first-order valence-corrected chi connectivity index (χ1v) is 7.37. The lowest BCUT2D eigenvalue weighted by Crippen LogP contribution is -2.20. The fraction of sp³-hybridized carbons (Fsp3) is 0.353. The van der Waals surface area contributed by atoms with Gasteiger partial charge in [0.05, 0.1) is 11.3 Å². The molecule has 128 valence electrons. The molecule has 0 aliphatic rings. The summed E-state index contributed by atoms with van der Waals surface area (Å²) in [6.07, 6.45) is 0. The molecule has 0 bridgehead atoms. The van der Waals surface area contributed by atoms with Crippen molar-refractivity contribution in [3.63, 3.8) is 0 Å². The molecule has 0 radical (unpaired) electrons. The Bertz CT molecular complexity index is 762. The number of nitrogens with zero attached hydrogens (tertiary/aromatic N) is 1. The summed E-state index contributed by atoms with van der Waals surface area (Å²) in [5.41, 5.74) is 0.934. The highest BCUT2D eigenvalue weighted by Crippen LogP contribution is 2.23. The Kier molecular flexibility index (Phi) is 5.02. The Morgan fingerprint density at radius 1 is 1.29 bits per heavy atom. The van der Waals surface area contributed by atoms with E-state index in [2.05, 4.69) is 10.5 Å². The van der Waals surface area contributed by atoms with E-state index in [0.29, 0.717) is 11.3 Å². The molecular formula is C17H19FN2O4. The molecule has 0 atom stereocenters. The molecule has 0 saturated heterocycles. The Hall–Kier alpha value is -2.70. The van der Waals surface area contributed by atoms with E-state index in [1.165, 1.54) is 12.1 Å². The molecule has 2 aromatic rings. The van der Waals surface area contributed by atoms with E-state index >= 15 is 0 Å². The highest BCUT2D eigenvalue weighted by Gasteiger charge is 2.20. The van der Waals surface area contributed by atoms with Gasteiger partial charge in [0, 0.05) is 11.5 Å². The number of esters is 1. The van der Waals surface area contributed by atoms with Crippen LogP contribution in [0.3, 0.4) is 0 Å². The molecule has 6 nitrogen and oxygen atoms in total. The smallest absolute Gasteiger partial charge is 0.338 e. The Morgan fingerprint density at radius 2 is 2.00 bits per heavy atom. The first-order valence-electron chi connectivity index (χ1n) is 7.37. The first-order chi connectivity index (χ1) is 11.2. The van der Waals surface area contributed by atoms with Crippen LogP contribution in [-0.4, -0.2) is 23.6 Å².